The molecule has 1 heterocycles. The maximum Gasteiger partial charge on any atom is 0.313 e. The molecule has 0 amide bonds. The van der Waals surface area contributed by atoms with Crippen molar-refractivity contribution >= 4 is 28.8 Å². The summed E-state index contributed by atoms with van der Waals surface area (Å²) in [5.41, 5.74) is 2.01. The number of carboxylic acids is 1. The molecule has 92 valence electrons. The lowest BCUT2D eigenvalue weighted by atomic mass is 10.2. The molecule has 0 radical (unpaired) electrons. The van der Waals surface area contributed by atoms with Crippen LogP contribution in [0.2, 0.25) is 0 Å². The zero-order valence-electron chi connectivity index (χ0n) is 9.75. The lowest BCUT2D eigenvalue weighted by molar-refractivity contribution is -0.133. The van der Waals surface area contributed by atoms with Crippen molar-refractivity contribution in [1.29, 1.82) is 5.26 Å². The molecule has 6 heteroatoms. The lowest BCUT2D eigenvalue weighted by Gasteiger charge is -2.03. The van der Waals surface area contributed by atoms with E-state index < -0.39 is 5.97 Å². The molecule has 1 aromatic carbocycles. The summed E-state index contributed by atoms with van der Waals surface area (Å²) in [6.07, 6.45) is 0. The van der Waals surface area contributed by atoms with Crippen molar-refractivity contribution in [2.75, 3.05) is 5.75 Å². The molecule has 2 rings (SSSR count). The van der Waals surface area contributed by atoms with E-state index in [0.29, 0.717) is 22.8 Å². The highest BCUT2D eigenvalue weighted by atomic mass is 32.2. The van der Waals surface area contributed by atoms with Gasteiger partial charge in [0.2, 0.25) is 0 Å². The third kappa shape index (κ3) is 2.17. The number of nitrogens with zero attached hydrogens (tertiary/aromatic N) is 3. The third-order valence-corrected chi connectivity index (χ3v) is 3.47. The first-order valence-electron chi connectivity index (χ1n) is 5.41. The number of aryl methyl sites for hydroxylation is 1. The first-order chi connectivity index (χ1) is 8.67. The number of nitriles is 1. The minimum atomic E-state index is -0.879. The van der Waals surface area contributed by atoms with Gasteiger partial charge in [-0.25, -0.2) is 4.98 Å². The Hall–Kier alpha value is -2.00. The maximum atomic E-state index is 10.6. The van der Waals surface area contributed by atoms with E-state index in [1.165, 1.54) is 11.8 Å². The molecule has 0 saturated heterocycles. The second-order valence-corrected chi connectivity index (χ2v) is 4.55. The minimum Gasteiger partial charge on any atom is -0.481 e. The standard InChI is InChI=1S/C12H11N3O2S/c1-2-15-9-5-3-4-8(6-13)11(9)14-12(15)18-7-10(16)17/h3-5H,2,7H2,1H3,(H,16,17). The fourth-order valence-corrected chi connectivity index (χ4v) is 2.55. The first-order valence-corrected chi connectivity index (χ1v) is 6.40. The number of thioether (sulfide) groups is 1. The average Bonchev–Trinajstić information content (AvgIpc) is 2.73. The van der Waals surface area contributed by atoms with Crippen LogP contribution >= 0.6 is 11.8 Å². The zero-order chi connectivity index (χ0) is 13.1. The molecule has 18 heavy (non-hydrogen) atoms. The highest BCUT2D eigenvalue weighted by Gasteiger charge is 2.13. The van der Waals surface area contributed by atoms with Gasteiger partial charge >= 0.3 is 5.97 Å². The number of carbonyl (C=O) groups is 1. The molecule has 0 aliphatic heterocycles. The zero-order valence-corrected chi connectivity index (χ0v) is 10.6. The lowest BCUT2D eigenvalue weighted by Crippen LogP contribution is -2.01. The summed E-state index contributed by atoms with van der Waals surface area (Å²) >= 11 is 1.17. The van der Waals surface area contributed by atoms with Gasteiger partial charge in [-0.1, -0.05) is 17.8 Å². The Balaban J connectivity index is 2.54. The molecule has 0 spiro atoms. The van der Waals surface area contributed by atoms with Crippen molar-refractivity contribution in [1.82, 2.24) is 9.55 Å². The Morgan fingerprint density at radius 1 is 1.61 bits per heavy atom. The Labute approximate surface area is 108 Å². The van der Waals surface area contributed by atoms with Crippen LogP contribution in [0.1, 0.15) is 12.5 Å². The van der Waals surface area contributed by atoms with Crippen molar-refractivity contribution in [3.05, 3.63) is 23.8 Å². The molecule has 0 bridgehead atoms. The monoisotopic (exact) mass is 261 g/mol. The molecule has 0 fully saturated rings. The van der Waals surface area contributed by atoms with Crippen LogP contribution in [-0.4, -0.2) is 26.4 Å². The predicted molar refractivity (Wildman–Crippen MR) is 68.5 cm³/mol. The smallest absolute Gasteiger partial charge is 0.313 e. The molecule has 1 N–H and O–H groups in total. The number of rotatable bonds is 4. The number of benzene rings is 1. The van der Waals surface area contributed by atoms with Crippen molar-refractivity contribution in [3.63, 3.8) is 0 Å². The van der Waals surface area contributed by atoms with Gasteiger partial charge in [-0.15, -0.1) is 0 Å². The molecular formula is C12H11N3O2S. The fourth-order valence-electron chi connectivity index (χ4n) is 1.76. The van der Waals surface area contributed by atoms with Crippen molar-refractivity contribution in [3.8, 4) is 6.07 Å². The summed E-state index contributed by atoms with van der Waals surface area (Å²) in [6, 6.07) is 7.50. The second-order valence-electron chi connectivity index (χ2n) is 3.61. The topological polar surface area (TPSA) is 78.9 Å². The average molecular weight is 261 g/mol. The number of para-hydroxylation sites is 1. The number of aliphatic carboxylic acids is 1. The van der Waals surface area contributed by atoms with E-state index in [1.54, 1.807) is 12.1 Å². The number of imidazole rings is 1. The number of carboxylic acid groups (broad SMARTS) is 1. The summed E-state index contributed by atoms with van der Waals surface area (Å²) in [7, 11) is 0. The molecule has 1 aromatic heterocycles. The van der Waals surface area contributed by atoms with Crippen LogP contribution in [0.15, 0.2) is 23.4 Å². The number of aromatic nitrogens is 2. The SMILES string of the molecule is CCn1c(SCC(=O)O)nc2c(C#N)cccc21. The summed E-state index contributed by atoms with van der Waals surface area (Å²) in [5, 5.41) is 18.4. The van der Waals surface area contributed by atoms with Gasteiger partial charge in [0.1, 0.15) is 11.6 Å². The molecule has 0 aliphatic rings. The minimum absolute atomic E-state index is 0.0365. The van der Waals surface area contributed by atoms with Gasteiger partial charge in [0, 0.05) is 6.54 Å². The molecule has 0 saturated carbocycles. The van der Waals surface area contributed by atoms with Crippen molar-refractivity contribution in [2.24, 2.45) is 0 Å². The van der Waals surface area contributed by atoms with E-state index in [1.807, 2.05) is 17.6 Å². The molecular weight excluding hydrogens is 250 g/mol. The van der Waals surface area contributed by atoms with Crippen molar-refractivity contribution < 1.29 is 9.90 Å². The number of hydrogen-bond acceptors (Lipinski definition) is 4. The van der Waals surface area contributed by atoms with Gasteiger partial charge < -0.3 is 9.67 Å². The van der Waals surface area contributed by atoms with Crippen LogP contribution in [0.5, 0.6) is 0 Å². The summed E-state index contributed by atoms with van der Waals surface area (Å²) in [6.45, 7) is 2.65. The van der Waals surface area contributed by atoms with Gasteiger partial charge in [0.25, 0.3) is 0 Å². The van der Waals surface area contributed by atoms with Gasteiger partial charge in [-0.05, 0) is 19.1 Å². The molecule has 5 nitrogen and oxygen atoms in total. The largest absolute Gasteiger partial charge is 0.481 e. The van der Waals surface area contributed by atoms with Gasteiger partial charge in [0.05, 0.1) is 16.8 Å². The van der Waals surface area contributed by atoms with Crippen LogP contribution in [-0.2, 0) is 11.3 Å². The van der Waals surface area contributed by atoms with Gasteiger partial charge in [-0.2, -0.15) is 5.26 Å². The quantitative estimate of drug-likeness (QED) is 0.853. The van der Waals surface area contributed by atoms with E-state index in [2.05, 4.69) is 11.1 Å². The number of hydrogen-bond donors (Lipinski definition) is 1. The summed E-state index contributed by atoms with van der Waals surface area (Å²) in [4.78, 5) is 15.0. The Morgan fingerprint density at radius 3 is 3.00 bits per heavy atom. The third-order valence-electron chi connectivity index (χ3n) is 2.51. The Bertz CT molecular complexity index is 643. The van der Waals surface area contributed by atoms with E-state index in [0.717, 1.165) is 5.52 Å². The van der Waals surface area contributed by atoms with E-state index in [9.17, 15) is 4.79 Å². The van der Waals surface area contributed by atoms with Crippen LogP contribution in [0, 0.1) is 11.3 Å². The summed E-state index contributed by atoms with van der Waals surface area (Å²) < 4.78 is 1.92. The second kappa shape index (κ2) is 5.10. The Morgan fingerprint density at radius 2 is 2.39 bits per heavy atom. The first kappa shape index (κ1) is 12.5. The molecule has 0 aliphatic carbocycles. The van der Waals surface area contributed by atoms with E-state index in [4.69, 9.17) is 10.4 Å². The molecule has 0 unspecified atom stereocenters. The van der Waals surface area contributed by atoms with Crippen LogP contribution in [0.3, 0.4) is 0 Å². The fraction of sp³-hybridized carbons (Fsp3) is 0.250. The van der Waals surface area contributed by atoms with Crippen LogP contribution in [0.25, 0.3) is 11.0 Å². The molecule has 2 aromatic rings. The van der Waals surface area contributed by atoms with Crippen LogP contribution in [0.4, 0.5) is 0 Å². The number of fused-ring (bicyclic) bond motifs is 1. The maximum absolute atomic E-state index is 10.6. The predicted octanol–water partition coefficient (Wildman–Crippen LogP) is 2.10. The Kier molecular flexibility index (Phi) is 3.53. The molecule has 0 atom stereocenters. The van der Waals surface area contributed by atoms with E-state index >= 15 is 0 Å². The highest BCUT2D eigenvalue weighted by Crippen LogP contribution is 2.25. The summed E-state index contributed by atoms with van der Waals surface area (Å²) in [5.74, 6) is -0.916. The van der Waals surface area contributed by atoms with Crippen LogP contribution < -0.4 is 0 Å². The highest BCUT2D eigenvalue weighted by molar-refractivity contribution is 7.99. The van der Waals surface area contributed by atoms with Gasteiger partial charge in [-0.3, -0.25) is 4.79 Å². The van der Waals surface area contributed by atoms with Crippen molar-refractivity contribution in [2.45, 2.75) is 18.6 Å². The normalized spacial score (nSPS) is 10.4. The van der Waals surface area contributed by atoms with Gasteiger partial charge in [0.15, 0.2) is 5.16 Å². The van der Waals surface area contributed by atoms with E-state index in [-0.39, 0.29) is 5.75 Å².